The van der Waals surface area contributed by atoms with Crippen LogP contribution in [0.25, 0.3) is 0 Å². The molecular formula is C10H8ClF3N2O2. The fourth-order valence-corrected chi connectivity index (χ4v) is 0.930. The number of nitriles is 1. The summed E-state index contributed by atoms with van der Waals surface area (Å²) in [5, 5.41) is 18.9. The number of alkyl halides is 3. The summed E-state index contributed by atoms with van der Waals surface area (Å²) >= 11 is 5.70. The van der Waals surface area contributed by atoms with E-state index in [9.17, 15) is 13.2 Å². The molecule has 0 saturated heterocycles. The molecule has 18 heavy (non-hydrogen) atoms. The van der Waals surface area contributed by atoms with Gasteiger partial charge in [0.25, 0.3) is 0 Å². The van der Waals surface area contributed by atoms with Crippen LogP contribution in [0.3, 0.4) is 0 Å². The van der Waals surface area contributed by atoms with Crippen LogP contribution in [0, 0.1) is 11.3 Å². The lowest BCUT2D eigenvalue weighted by molar-refractivity contribution is -0.192. The van der Waals surface area contributed by atoms with Crippen molar-refractivity contribution < 1.29 is 23.1 Å². The Balaban J connectivity index is 0.000000360. The van der Waals surface area contributed by atoms with E-state index in [0.29, 0.717) is 11.6 Å². The van der Waals surface area contributed by atoms with Crippen LogP contribution < -0.4 is 5.32 Å². The van der Waals surface area contributed by atoms with Crippen LogP contribution >= 0.6 is 11.6 Å². The number of nitrogens with zero attached hydrogens (tertiary/aromatic N) is 1. The molecule has 1 aromatic carbocycles. The van der Waals surface area contributed by atoms with Crippen LogP contribution in [0.15, 0.2) is 24.3 Å². The van der Waals surface area contributed by atoms with Crippen molar-refractivity contribution in [1.29, 1.82) is 5.26 Å². The van der Waals surface area contributed by atoms with Crippen molar-refractivity contribution in [2.45, 2.75) is 6.18 Å². The average molecular weight is 281 g/mol. The number of anilines is 1. The van der Waals surface area contributed by atoms with Gasteiger partial charge in [-0.05, 0) is 18.2 Å². The molecule has 0 bridgehead atoms. The van der Waals surface area contributed by atoms with E-state index >= 15 is 0 Å². The number of nitrogens with one attached hydrogen (secondary N) is 1. The zero-order chi connectivity index (χ0) is 14.2. The van der Waals surface area contributed by atoms with E-state index in [1.165, 1.54) is 0 Å². The lowest BCUT2D eigenvalue weighted by atomic mass is 10.3. The second-order valence-electron chi connectivity index (χ2n) is 2.82. The number of benzene rings is 1. The Kier molecular flexibility index (Phi) is 6.60. The number of hydrogen-bond donors (Lipinski definition) is 2. The van der Waals surface area contributed by atoms with Gasteiger partial charge in [0.2, 0.25) is 0 Å². The summed E-state index contributed by atoms with van der Waals surface area (Å²) in [5.41, 5.74) is 0.874. The topological polar surface area (TPSA) is 73.1 Å². The van der Waals surface area contributed by atoms with Gasteiger partial charge >= 0.3 is 12.1 Å². The van der Waals surface area contributed by atoms with E-state index in [-0.39, 0.29) is 0 Å². The highest BCUT2D eigenvalue weighted by Gasteiger charge is 2.38. The van der Waals surface area contributed by atoms with Crippen molar-refractivity contribution in [3.63, 3.8) is 0 Å². The first-order valence-electron chi connectivity index (χ1n) is 4.44. The van der Waals surface area contributed by atoms with Crippen LogP contribution in [-0.2, 0) is 4.79 Å². The number of hydrogen-bond acceptors (Lipinski definition) is 3. The molecule has 2 N–H and O–H groups in total. The summed E-state index contributed by atoms with van der Waals surface area (Å²) in [6.07, 6.45) is -5.08. The van der Waals surface area contributed by atoms with Crippen LogP contribution in [0.1, 0.15) is 0 Å². The summed E-state index contributed by atoms with van der Waals surface area (Å²) in [6.45, 7) is 0.306. The second kappa shape index (κ2) is 7.40. The Hall–Kier alpha value is -1.94. The monoisotopic (exact) mass is 280 g/mol. The highest BCUT2D eigenvalue weighted by molar-refractivity contribution is 6.30. The van der Waals surface area contributed by atoms with E-state index in [1.807, 2.05) is 18.2 Å². The Morgan fingerprint density at radius 1 is 1.50 bits per heavy atom. The molecule has 0 aromatic heterocycles. The zero-order valence-corrected chi connectivity index (χ0v) is 9.59. The van der Waals surface area contributed by atoms with Gasteiger partial charge in [-0.3, -0.25) is 0 Å². The number of carboxylic acids is 1. The molecule has 98 valence electrons. The molecule has 0 amide bonds. The van der Waals surface area contributed by atoms with Crippen LogP contribution in [-0.4, -0.2) is 23.8 Å². The third-order valence-electron chi connectivity index (χ3n) is 1.44. The van der Waals surface area contributed by atoms with Gasteiger partial charge in [-0.2, -0.15) is 18.4 Å². The van der Waals surface area contributed by atoms with Gasteiger partial charge in [-0.1, -0.05) is 17.7 Å². The predicted octanol–water partition coefficient (Wildman–Crippen LogP) is 2.91. The first-order chi connectivity index (χ1) is 8.27. The molecule has 1 rings (SSSR count). The summed E-state index contributed by atoms with van der Waals surface area (Å²) in [6, 6.07) is 9.25. The number of halogens is 4. The molecule has 8 heteroatoms. The Labute approximate surface area is 106 Å². The van der Waals surface area contributed by atoms with Crippen molar-refractivity contribution in [1.82, 2.24) is 0 Å². The van der Waals surface area contributed by atoms with Gasteiger partial charge in [0, 0.05) is 10.7 Å². The molecule has 0 aliphatic heterocycles. The molecular weight excluding hydrogens is 273 g/mol. The molecule has 0 spiro atoms. The molecule has 0 saturated carbocycles. The fraction of sp³-hybridized carbons (Fsp3) is 0.200. The summed E-state index contributed by atoms with van der Waals surface area (Å²) < 4.78 is 31.7. The summed E-state index contributed by atoms with van der Waals surface area (Å²) in [5.74, 6) is -2.76. The Bertz CT molecular complexity index is 443. The summed E-state index contributed by atoms with van der Waals surface area (Å²) in [7, 11) is 0. The SMILES string of the molecule is N#CCNc1cccc(Cl)c1.O=C(O)C(F)(F)F. The lowest BCUT2D eigenvalue weighted by Gasteiger charge is -1.99. The molecule has 0 atom stereocenters. The third kappa shape index (κ3) is 7.35. The van der Waals surface area contributed by atoms with Gasteiger partial charge in [0.15, 0.2) is 0 Å². The second-order valence-corrected chi connectivity index (χ2v) is 3.26. The highest BCUT2D eigenvalue weighted by Crippen LogP contribution is 2.14. The molecule has 0 aliphatic rings. The minimum absolute atomic E-state index is 0.306. The zero-order valence-electron chi connectivity index (χ0n) is 8.83. The van der Waals surface area contributed by atoms with Crippen molar-refractivity contribution in [2.75, 3.05) is 11.9 Å². The molecule has 4 nitrogen and oxygen atoms in total. The highest BCUT2D eigenvalue weighted by atomic mass is 35.5. The van der Waals surface area contributed by atoms with Crippen LogP contribution in [0.4, 0.5) is 18.9 Å². The van der Waals surface area contributed by atoms with E-state index in [1.54, 1.807) is 12.1 Å². The van der Waals surface area contributed by atoms with E-state index < -0.39 is 12.1 Å². The minimum Gasteiger partial charge on any atom is -0.475 e. The number of rotatable bonds is 2. The normalized spacial score (nSPS) is 9.72. The number of aliphatic carboxylic acids is 1. The van der Waals surface area contributed by atoms with Crippen LogP contribution in [0.5, 0.6) is 0 Å². The van der Waals surface area contributed by atoms with Crippen molar-refractivity contribution in [2.24, 2.45) is 0 Å². The molecule has 0 radical (unpaired) electrons. The number of carbonyl (C=O) groups is 1. The molecule has 0 unspecified atom stereocenters. The smallest absolute Gasteiger partial charge is 0.475 e. The van der Waals surface area contributed by atoms with Gasteiger partial charge < -0.3 is 10.4 Å². The van der Waals surface area contributed by atoms with E-state index in [2.05, 4.69) is 5.32 Å². The van der Waals surface area contributed by atoms with Gasteiger partial charge in [0.1, 0.15) is 6.54 Å². The van der Waals surface area contributed by atoms with Gasteiger partial charge in [-0.25, -0.2) is 4.79 Å². The third-order valence-corrected chi connectivity index (χ3v) is 1.67. The minimum atomic E-state index is -5.08. The number of carboxylic acid groups (broad SMARTS) is 1. The first-order valence-corrected chi connectivity index (χ1v) is 4.81. The Morgan fingerprint density at radius 2 is 2.06 bits per heavy atom. The largest absolute Gasteiger partial charge is 0.490 e. The van der Waals surface area contributed by atoms with E-state index in [4.69, 9.17) is 26.8 Å². The maximum absolute atomic E-state index is 10.6. The van der Waals surface area contributed by atoms with Gasteiger partial charge in [-0.15, -0.1) is 0 Å². The molecule has 0 fully saturated rings. The first kappa shape index (κ1) is 16.1. The maximum atomic E-state index is 10.6. The fourth-order valence-electron chi connectivity index (χ4n) is 0.740. The molecule has 0 aliphatic carbocycles. The molecule has 1 aromatic rings. The van der Waals surface area contributed by atoms with Crippen LogP contribution in [0.2, 0.25) is 5.02 Å². The maximum Gasteiger partial charge on any atom is 0.490 e. The van der Waals surface area contributed by atoms with Crippen molar-refractivity contribution >= 4 is 23.3 Å². The predicted molar refractivity (Wildman–Crippen MR) is 59.2 cm³/mol. The van der Waals surface area contributed by atoms with E-state index in [0.717, 1.165) is 5.69 Å². The quantitative estimate of drug-likeness (QED) is 0.817. The lowest BCUT2D eigenvalue weighted by Crippen LogP contribution is -2.21. The van der Waals surface area contributed by atoms with Crippen molar-refractivity contribution in [3.8, 4) is 6.07 Å². The van der Waals surface area contributed by atoms with Crippen molar-refractivity contribution in [3.05, 3.63) is 29.3 Å². The standard InChI is InChI=1S/C8H7ClN2.C2HF3O2/c9-7-2-1-3-8(6-7)11-5-4-10;3-2(4,5)1(6)7/h1-3,6,11H,5H2;(H,6,7). The Morgan fingerprint density at radius 3 is 2.44 bits per heavy atom. The summed E-state index contributed by atoms with van der Waals surface area (Å²) in [4.78, 5) is 8.90. The van der Waals surface area contributed by atoms with Gasteiger partial charge in [0.05, 0.1) is 6.07 Å². The average Bonchev–Trinajstić information content (AvgIpc) is 2.26. The molecule has 0 heterocycles.